The second kappa shape index (κ2) is 10.8. The summed E-state index contributed by atoms with van der Waals surface area (Å²) in [6.07, 6.45) is 0. The van der Waals surface area contributed by atoms with Crippen LogP contribution < -0.4 is 5.32 Å². The Labute approximate surface area is 190 Å². The van der Waals surface area contributed by atoms with Gasteiger partial charge < -0.3 is 10.1 Å². The third kappa shape index (κ3) is 5.90. The Morgan fingerprint density at radius 1 is 1.07 bits per heavy atom. The second-order valence-electron chi connectivity index (χ2n) is 6.55. The summed E-state index contributed by atoms with van der Waals surface area (Å²) in [5, 5.41) is 4.10. The van der Waals surface area contributed by atoms with E-state index in [1.165, 1.54) is 28.6 Å². The maximum atomic E-state index is 12.6. The number of rotatable bonds is 8. The molecular formula is C20H22Cl2N2O4S2. The lowest BCUT2D eigenvalue weighted by molar-refractivity contribution is 0.0730. The number of halogens is 2. The number of amides is 1. The van der Waals surface area contributed by atoms with Crippen LogP contribution in [0.2, 0.25) is 10.0 Å². The zero-order valence-corrected chi connectivity index (χ0v) is 19.3. The molecule has 0 unspecified atom stereocenters. The van der Waals surface area contributed by atoms with Crippen molar-refractivity contribution in [3.63, 3.8) is 0 Å². The molecule has 0 aliphatic carbocycles. The van der Waals surface area contributed by atoms with E-state index in [4.69, 9.17) is 27.9 Å². The highest BCUT2D eigenvalue weighted by Crippen LogP contribution is 2.28. The molecule has 0 bridgehead atoms. The van der Waals surface area contributed by atoms with E-state index >= 15 is 0 Å². The van der Waals surface area contributed by atoms with Crippen LogP contribution in [0.5, 0.6) is 0 Å². The van der Waals surface area contributed by atoms with Crippen molar-refractivity contribution in [2.75, 3.05) is 38.6 Å². The van der Waals surface area contributed by atoms with Crippen LogP contribution in [0.4, 0.5) is 0 Å². The topological polar surface area (TPSA) is 75.7 Å². The summed E-state index contributed by atoms with van der Waals surface area (Å²) in [6, 6.07) is 11.4. The van der Waals surface area contributed by atoms with Crippen LogP contribution in [-0.4, -0.2) is 57.2 Å². The highest BCUT2D eigenvalue weighted by Gasteiger charge is 2.26. The van der Waals surface area contributed by atoms with Crippen molar-refractivity contribution >= 4 is 50.9 Å². The van der Waals surface area contributed by atoms with E-state index in [1.807, 2.05) is 0 Å². The number of carbonyl (C=O) groups excluding carboxylic acids is 1. The Morgan fingerprint density at radius 2 is 1.70 bits per heavy atom. The SMILES string of the molecule is O=C(NCCSCc1c(Cl)cccc1Cl)c1ccc(S(=O)(=O)N2CCOCC2)cc1. The van der Waals surface area contributed by atoms with Crippen LogP contribution in [0.15, 0.2) is 47.4 Å². The number of sulfonamides is 1. The molecule has 1 aliphatic rings. The molecule has 2 aromatic carbocycles. The van der Waals surface area contributed by atoms with Gasteiger partial charge in [-0.3, -0.25) is 4.79 Å². The molecule has 0 saturated carbocycles. The molecule has 1 amide bonds. The molecule has 6 nitrogen and oxygen atoms in total. The van der Waals surface area contributed by atoms with E-state index in [9.17, 15) is 13.2 Å². The first-order valence-electron chi connectivity index (χ1n) is 9.36. The number of thioether (sulfide) groups is 1. The Hall–Kier alpha value is -1.29. The summed E-state index contributed by atoms with van der Waals surface area (Å²) >= 11 is 13.9. The normalized spacial score (nSPS) is 15.1. The largest absolute Gasteiger partial charge is 0.379 e. The molecule has 1 saturated heterocycles. The average Bonchev–Trinajstić information content (AvgIpc) is 2.76. The van der Waals surface area contributed by atoms with Gasteiger partial charge in [0.1, 0.15) is 0 Å². The van der Waals surface area contributed by atoms with Gasteiger partial charge in [-0.25, -0.2) is 8.42 Å². The number of hydrogen-bond donors (Lipinski definition) is 1. The first-order valence-corrected chi connectivity index (χ1v) is 12.7. The molecule has 3 rings (SSSR count). The van der Waals surface area contributed by atoms with Gasteiger partial charge in [-0.1, -0.05) is 29.3 Å². The van der Waals surface area contributed by atoms with E-state index in [-0.39, 0.29) is 10.8 Å². The van der Waals surface area contributed by atoms with Crippen molar-refractivity contribution < 1.29 is 17.9 Å². The quantitative estimate of drug-likeness (QED) is 0.573. The minimum atomic E-state index is -3.57. The highest BCUT2D eigenvalue weighted by molar-refractivity contribution is 7.98. The fourth-order valence-corrected chi connectivity index (χ4v) is 5.90. The van der Waals surface area contributed by atoms with Gasteiger partial charge in [0, 0.05) is 46.7 Å². The molecule has 0 atom stereocenters. The van der Waals surface area contributed by atoms with Crippen LogP contribution in [0, 0.1) is 0 Å². The molecule has 0 radical (unpaired) electrons. The van der Waals surface area contributed by atoms with E-state index in [2.05, 4.69) is 5.32 Å². The molecule has 10 heteroatoms. The molecule has 1 heterocycles. The zero-order valence-electron chi connectivity index (χ0n) is 16.1. The zero-order chi connectivity index (χ0) is 21.6. The van der Waals surface area contributed by atoms with E-state index in [1.54, 1.807) is 30.0 Å². The highest BCUT2D eigenvalue weighted by atomic mass is 35.5. The van der Waals surface area contributed by atoms with Crippen molar-refractivity contribution in [3.8, 4) is 0 Å². The van der Waals surface area contributed by atoms with Crippen LogP contribution in [0.25, 0.3) is 0 Å². The van der Waals surface area contributed by atoms with E-state index in [0.717, 1.165) is 5.56 Å². The summed E-state index contributed by atoms with van der Waals surface area (Å²) in [7, 11) is -3.57. The molecule has 1 fully saturated rings. The smallest absolute Gasteiger partial charge is 0.251 e. The van der Waals surface area contributed by atoms with Gasteiger partial charge in [0.2, 0.25) is 10.0 Å². The van der Waals surface area contributed by atoms with Gasteiger partial charge in [0.15, 0.2) is 0 Å². The monoisotopic (exact) mass is 488 g/mol. The van der Waals surface area contributed by atoms with E-state index < -0.39 is 10.0 Å². The first kappa shape index (κ1) is 23.4. The molecule has 30 heavy (non-hydrogen) atoms. The van der Waals surface area contributed by atoms with Crippen LogP contribution in [0.3, 0.4) is 0 Å². The maximum Gasteiger partial charge on any atom is 0.251 e. The van der Waals surface area contributed by atoms with Gasteiger partial charge in [0.25, 0.3) is 5.91 Å². The summed E-state index contributed by atoms with van der Waals surface area (Å²) < 4.78 is 31.8. The van der Waals surface area contributed by atoms with Crippen LogP contribution >= 0.6 is 35.0 Å². The molecule has 1 aliphatic heterocycles. The van der Waals surface area contributed by atoms with Crippen molar-refractivity contribution in [3.05, 3.63) is 63.6 Å². The second-order valence-corrected chi connectivity index (χ2v) is 10.4. The summed E-state index contributed by atoms with van der Waals surface area (Å²) in [4.78, 5) is 12.5. The number of nitrogens with one attached hydrogen (secondary N) is 1. The number of benzene rings is 2. The van der Waals surface area contributed by atoms with Crippen LogP contribution in [-0.2, 0) is 20.5 Å². The number of ether oxygens (including phenoxy) is 1. The molecule has 0 spiro atoms. The lowest BCUT2D eigenvalue weighted by atomic mass is 10.2. The van der Waals surface area contributed by atoms with Gasteiger partial charge in [-0.15, -0.1) is 0 Å². The standard InChI is InChI=1S/C20H22Cl2N2O4S2/c21-18-2-1-3-19(22)17(18)14-29-13-8-23-20(25)15-4-6-16(7-5-15)30(26,27)24-9-11-28-12-10-24/h1-7H,8-14H2,(H,23,25). The first-order chi connectivity index (χ1) is 14.4. The number of hydrogen-bond acceptors (Lipinski definition) is 5. The summed E-state index contributed by atoms with van der Waals surface area (Å²) in [6.45, 7) is 1.92. The van der Waals surface area contributed by atoms with Gasteiger partial charge in [-0.2, -0.15) is 16.1 Å². The number of nitrogens with zero attached hydrogens (tertiary/aromatic N) is 1. The molecule has 162 valence electrons. The summed E-state index contributed by atoms with van der Waals surface area (Å²) in [5.41, 5.74) is 1.30. The van der Waals surface area contributed by atoms with Crippen molar-refractivity contribution in [1.29, 1.82) is 0 Å². The Bertz CT molecular complexity index is 959. The summed E-state index contributed by atoms with van der Waals surface area (Å²) in [5.74, 6) is 1.10. The molecule has 0 aromatic heterocycles. The lowest BCUT2D eigenvalue weighted by Crippen LogP contribution is -2.40. The Morgan fingerprint density at radius 3 is 2.33 bits per heavy atom. The van der Waals surface area contributed by atoms with Crippen molar-refractivity contribution in [1.82, 2.24) is 9.62 Å². The van der Waals surface area contributed by atoms with Gasteiger partial charge in [-0.05, 0) is 42.0 Å². The molecular weight excluding hydrogens is 467 g/mol. The van der Waals surface area contributed by atoms with Crippen molar-refractivity contribution in [2.24, 2.45) is 0 Å². The predicted octanol–water partition coefficient (Wildman–Crippen LogP) is 3.68. The van der Waals surface area contributed by atoms with Gasteiger partial charge >= 0.3 is 0 Å². The fourth-order valence-electron chi connectivity index (χ4n) is 2.90. The van der Waals surface area contributed by atoms with Gasteiger partial charge in [0.05, 0.1) is 18.1 Å². The maximum absolute atomic E-state index is 12.6. The Kier molecular flexibility index (Phi) is 8.44. The average molecular weight is 489 g/mol. The minimum absolute atomic E-state index is 0.174. The minimum Gasteiger partial charge on any atom is -0.379 e. The van der Waals surface area contributed by atoms with Crippen molar-refractivity contribution in [2.45, 2.75) is 10.6 Å². The third-order valence-electron chi connectivity index (χ3n) is 4.56. The number of carbonyl (C=O) groups is 1. The third-order valence-corrected chi connectivity index (χ3v) is 8.17. The van der Waals surface area contributed by atoms with E-state index in [0.29, 0.717) is 60.0 Å². The van der Waals surface area contributed by atoms with Crippen LogP contribution in [0.1, 0.15) is 15.9 Å². The predicted molar refractivity (Wildman–Crippen MR) is 121 cm³/mol. The molecule has 2 aromatic rings. The fraction of sp³-hybridized carbons (Fsp3) is 0.350. The lowest BCUT2D eigenvalue weighted by Gasteiger charge is -2.26. The molecule has 1 N–H and O–H groups in total. The number of morpholine rings is 1. The Balaban J connectivity index is 1.48.